The average molecular weight is 525 g/mol. The maximum Gasteiger partial charge on any atom is 0.124 e. The molecule has 0 unspecified atom stereocenters. The zero-order valence-corrected chi connectivity index (χ0v) is 24.1. The number of phenolic OH excluding ortho intramolecular Hbond substituents is 1. The summed E-state index contributed by atoms with van der Waals surface area (Å²) in [6.45, 7) is 13.3. The van der Waals surface area contributed by atoms with Gasteiger partial charge in [-0.15, -0.1) is 0 Å². The van der Waals surface area contributed by atoms with Gasteiger partial charge in [-0.3, -0.25) is 0 Å². The second-order valence-electron chi connectivity index (χ2n) is 12.8. The van der Waals surface area contributed by atoms with E-state index in [1.807, 2.05) is 18.2 Å². The molecule has 6 aromatic rings. The molecule has 0 bridgehead atoms. The molecule has 200 valence electrons. The molecule has 0 saturated heterocycles. The number of nitrogens with one attached hydrogen (secondary N) is 1. The van der Waals surface area contributed by atoms with Crippen molar-refractivity contribution in [1.82, 2.24) is 9.97 Å². The van der Waals surface area contributed by atoms with Gasteiger partial charge in [-0.05, 0) is 70.0 Å². The zero-order valence-electron chi connectivity index (χ0n) is 24.1. The van der Waals surface area contributed by atoms with Gasteiger partial charge in [-0.1, -0.05) is 96.1 Å². The van der Waals surface area contributed by atoms with Crippen molar-refractivity contribution in [2.24, 2.45) is 0 Å². The molecule has 0 aliphatic carbocycles. The number of aromatic amines is 1. The molecule has 0 aliphatic heterocycles. The summed E-state index contributed by atoms with van der Waals surface area (Å²) < 4.78 is 0. The van der Waals surface area contributed by atoms with Gasteiger partial charge in [0.15, 0.2) is 0 Å². The Bertz CT molecular complexity index is 1880. The van der Waals surface area contributed by atoms with Crippen LogP contribution in [0.3, 0.4) is 0 Å². The van der Waals surface area contributed by atoms with E-state index in [1.165, 1.54) is 21.9 Å². The van der Waals surface area contributed by atoms with Crippen LogP contribution in [0.2, 0.25) is 0 Å². The molecule has 2 aromatic heterocycles. The largest absolute Gasteiger partial charge is 0.507 e. The summed E-state index contributed by atoms with van der Waals surface area (Å²) in [5.74, 6) is 0.243. The normalized spacial score (nSPS) is 12.3. The summed E-state index contributed by atoms with van der Waals surface area (Å²) in [6.07, 6.45) is 0. The van der Waals surface area contributed by atoms with Crippen molar-refractivity contribution in [1.29, 1.82) is 0 Å². The third-order valence-electron chi connectivity index (χ3n) is 7.83. The number of para-hydroxylation sites is 2. The van der Waals surface area contributed by atoms with Gasteiger partial charge >= 0.3 is 0 Å². The fourth-order valence-corrected chi connectivity index (χ4v) is 5.43. The molecule has 0 saturated carbocycles. The van der Waals surface area contributed by atoms with Gasteiger partial charge in [0.05, 0.1) is 16.9 Å². The first kappa shape index (κ1) is 25.9. The quantitative estimate of drug-likeness (QED) is 0.242. The first-order chi connectivity index (χ1) is 19.0. The molecular weight excluding hydrogens is 488 g/mol. The van der Waals surface area contributed by atoms with Crippen LogP contribution in [0.5, 0.6) is 5.75 Å². The van der Waals surface area contributed by atoms with Crippen LogP contribution in [-0.2, 0) is 10.8 Å². The molecule has 3 nitrogen and oxygen atoms in total. The van der Waals surface area contributed by atoms with Gasteiger partial charge in [0, 0.05) is 33.0 Å². The Morgan fingerprint density at radius 2 is 1.25 bits per heavy atom. The number of aromatic hydroxyl groups is 1. The Morgan fingerprint density at radius 1 is 0.575 bits per heavy atom. The van der Waals surface area contributed by atoms with E-state index in [9.17, 15) is 5.11 Å². The number of fused-ring (bicyclic) bond motifs is 3. The van der Waals surface area contributed by atoms with Crippen LogP contribution in [0.4, 0.5) is 0 Å². The van der Waals surface area contributed by atoms with E-state index in [0.717, 1.165) is 44.7 Å². The lowest BCUT2D eigenvalue weighted by molar-refractivity contribution is 0.476. The Morgan fingerprint density at radius 3 is 2.02 bits per heavy atom. The van der Waals surface area contributed by atoms with Crippen molar-refractivity contribution in [3.8, 4) is 39.4 Å². The van der Waals surface area contributed by atoms with Crippen molar-refractivity contribution in [3.63, 3.8) is 0 Å². The number of hydrogen-bond donors (Lipinski definition) is 2. The fraction of sp³-hybridized carbons (Fsp3) is 0.216. The number of rotatable bonds is 3. The van der Waals surface area contributed by atoms with Gasteiger partial charge in [0.1, 0.15) is 5.75 Å². The van der Waals surface area contributed by atoms with E-state index < -0.39 is 0 Å². The molecule has 40 heavy (non-hydrogen) atoms. The summed E-state index contributed by atoms with van der Waals surface area (Å²) in [5.41, 5.74) is 10.4. The third-order valence-corrected chi connectivity index (χ3v) is 7.83. The summed E-state index contributed by atoms with van der Waals surface area (Å²) in [4.78, 5) is 8.76. The lowest BCUT2D eigenvalue weighted by Gasteiger charge is -2.22. The first-order valence-corrected chi connectivity index (χ1v) is 14.0. The predicted molar refractivity (Wildman–Crippen MR) is 169 cm³/mol. The van der Waals surface area contributed by atoms with E-state index in [1.54, 1.807) is 6.07 Å². The van der Waals surface area contributed by atoms with Crippen molar-refractivity contribution >= 4 is 21.8 Å². The number of nitrogens with zero attached hydrogens (tertiary/aromatic N) is 1. The molecule has 2 heterocycles. The van der Waals surface area contributed by atoms with E-state index >= 15 is 0 Å². The van der Waals surface area contributed by atoms with Gasteiger partial charge in [-0.2, -0.15) is 0 Å². The summed E-state index contributed by atoms with van der Waals surface area (Å²) in [7, 11) is 0. The molecule has 0 aliphatic rings. The lowest BCUT2D eigenvalue weighted by atomic mass is 9.83. The second kappa shape index (κ2) is 9.38. The molecule has 3 heteroatoms. The van der Waals surface area contributed by atoms with E-state index in [4.69, 9.17) is 4.98 Å². The Hall–Kier alpha value is -4.37. The van der Waals surface area contributed by atoms with Crippen molar-refractivity contribution in [3.05, 3.63) is 108 Å². The third kappa shape index (κ3) is 4.66. The summed E-state index contributed by atoms with van der Waals surface area (Å²) in [5, 5.41) is 13.2. The lowest BCUT2D eigenvalue weighted by Crippen LogP contribution is -2.11. The topological polar surface area (TPSA) is 48.9 Å². The molecule has 6 rings (SSSR count). The van der Waals surface area contributed by atoms with Crippen molar-refractivity contribution in [2.45, 2.75) is 52.4 Å². The zero-order chi connectivity index (χ0) is 28.2. The number of hydrogen-bond acceptors (Lipinski definition) is 2. The first-order valence-electron chi connectivity index (χ1n) is 14.0. The van der Waals surface area contributed by atoms with Crippen LogP contribution in [0.15, 0.2) is 97.1 Å². The van der Waals surface area contributed by atoms with Crippen LogP contribution in [-0.4, -0.2) is 15.1 Å². The number of benzene rings is 4. The van der Waals surface area contributed by atoms with E-state index in [2.05, 4.69) is 119 Å². The molecule has 0 fully saturated rings. The number of phenols is 1. The molecule has 0 spiro atoms. The molecule has 4 aromatic carbocycles. The molecule has 0 amide bonds. The highest BCUT2D eigenvalue weighted by atomic mass is 16.3. The number of aromatic nitrogens is 2. The minimum Gasteiger partial charge on any atom is -0.507 e. The maximum atomic E-state index is 10.8. The van der Waals surface area contributed by atoms with E-state index in [0.29, 0.717) is 0 Å². The second-order valence-corrected chi connectivity index (χ2v) is 12.8. The summed E-state index contributed by atoms with van der Waals surface area (Å²) >= 11 is 0. The highest BCUT2D eigenvalue weighted by Crippen LogP contribution is 2.39. The Balaban J connectivity index is 1.53. The van der Waals surface area contributed by atoms with Crippen molar-refractivity contribution in [2.75, 3.05) is 0 Å². The molecule has 0 atom stereocenters. The Labute approximate surface area is 236 Å². The predicted octanol–water partition coefficient (Wildman–Crippen LogP) is 10.0. The minimum atomic E-state index is -0.0456. The van der Waals surface area contributed by atoms with Gasteiger partial charge in [0.2, 0.25) is 0 Å². The van der Waals surface area contributed by atoms with Crippen LogP contribution in [0.25, 0.3) is 55.4 Å². The highest BCUT2D eigenvalue weighted by Gasteiger charge is 2.20. The SMILES string of the molecule is CC(C)(C)c1cc(-c2cccc(-c3cc(C(C)(C)C)ccc3O)n2)cc(-c2cccc3c2[nH]c2ccccc23)c1. The molecule has 0 radical (unpaired) electrons. The monoisotopic (exact) mass is 524 g/mol. The van der Waals surface area contributed by atoms with Crippen LogP contribution >= 0.6 is 0 Å². The number of H-pyrrole nitrogens is 1. The van der Waals surface area contributed by atoms with Crippen LogP contribution in [0, 0.1) is 0 Å². The fourth-order valence-electron chi connectivity index (χ4n) is 5.43. The highest BCUT2D eigenvalue weighted by molar-refractivity contribution is 6.11. The standard InChI is InChI=1S/C37H36N2O/c1-36(2,3)25-17-18-34(40)30(22-25)33-16-10-15-31(38-33)24-19-23(20-26(21-24)37(4,5)6)27-12-9-13-29-28-11-7-8-14-32(28)39-35(27)29/h7-22,39-40H,1-6H3. The number of pyridine rings is 1. The van der Waals surface area contributed by atoms with Gasteiger partial charge in [0.25, 0.3) is 0 Å². The molecule has 2 N–H and O–H groups in total. The summed E-state index contributed by atoms with van der Waals surface area (Å²) in [6, 6.07) is 33.7. The van der Waals surface area contributed by atoms with E-state index in [-0.39, 0.29) is 16.6 Å². The average Bonchev–Trinajstić information content (AvgIpc) is 3.31. The van der Waals surface area contributed by atoms with Gasteiger partial charge in [-0.25, -0.2) is 4.98 Å². The van der Waals surface area contributed by atoms with Crippen LogP contribution < -0.4 is 0 Å². The van der Waals surface area contributed by atoms with Crippen LogP contribution in [0.1, 0.15) is 52.7 Å². The molecular formula is C37H36N2O. The van der Waals surface area contributed by atoms with Crippen molar-refractivity contribution < 1.29 is 5.11 Å². The smallest absolute Gasteiger partial charge is 0.124 e. The minimum absolute atomic E-state index is 0.0281. The van der Waals surface area contributed by atoms with Gasteiger partial charge < -0.3 is 10.1 Å². The Kier molecular flexibility index (Phi) is 6.07. The maximum absolute atomic E-state index is 10.8.